The second-order valence-corrected chi connectivity index (χ2v) is 4.99. The molecule has 0 bridgehead atoms. The standard InChI is InChI=1S/C13H28N4O2/c1-11(13(19)15-2)10-16(3)9-6-12(18)17(4)8-5-7-14/h11H,5-10,14H2,1-4H3,(H,15,19). The van der Waals surface area contributed by atoms with Gasteiger partial charge in [0.1, 0.15) is 0 Å². The van der Waals surface area contributed by atoms with Gasteiger partial charge in [0.05, 0.1) is 0 Å². The Labute approximate surface area is 116 Å². The zero-order valence-electron chi connectivity index (χ0n) is 12.6. The molecule has 0 aromatic carbocycles. The van der Waals surface area contributed by atoms with Crippen molar-refractivity contribution >= 4 is 11.8 Å². The van der Waals surface area contributed by atoms with Crippen molar-refractivity contribution in [3.63, 3.8) is 0 Å². The summed E-state index contributed by atoms with van der Waals surface area (Å²) in [6.07, 6.45) is 1.30. The van der Waals surface area contributed by atoms with Crippen LogP contribution in [0.5, 0.6) is 0 Å². The minimum atomic E-state index is -0.0694. The lowest BCUT2D eigenvalue weighted by Crippen LogP contribution is -2.36. The van der Waals surface area contributed by atoms with E-state index < -0.39 is 0 Å². The molecule has 0 spiro atoms. The molecule has 0 radical (unpaired) electrons. The molecular formula is C13H28N4O2. The summed E-state index contributed by atoms with van der Waals surface area (Å²) in [5.41, 5.74) is 5.41. The van der Waals surface area contributed by atoms with Crippen molar-refractivity contribution in [2.45, 2.75) is 19.8 Å². The summed E-state index contributed by atoms with van der Waals surface area (Å²) < 4.78 is 0. The first-order valence-electron chi connectivity index (χ1n) is 6.76. The molecule has 0 aliphatic carbocycles. The molecule has 3 N–H and O–H groups in total. The molecule has 0 aromatic rings. The zero-order valence-corrected chi connectivity index (χ0v) is 12.6. The SMILES string of the molecule is CNC(=O)C(C)CN(C)CCC(=O)N(C)CCCN. The third kappa shape index (κ3) is 7.79. The van der Waals surface area contributed by atoms with E-state index in [-0.39, 0.29) is 17.7 Å². The molecular weight excluding hydrogens is 244 g/mol. The first kappa shape index (κ1) is 17.9. The molecule has 0 aliphatic rings. The minimum Gasteiger partial charge on any atom is -0.359 e. The van der Waals surface area contributed by atoms with Crippen LogP contribution in [0, 0.1) is 5.92 Å². The van der Waals surface area contributed by atoms with Gasteiger partial charge in [-0.15, -0.1) is 0 Å². The number of carbonyl (C=O) groups excluding carboxylic acids is 2. The van der Waals surface area contributed by atoms with Crippen molar-refractivity contribution in [1.82, 2.24) is 15.1 Å². The van der Waals surface area contributed by atoms with Crippen LogP contribution in [-0.4, -0.2) is 68.9 Å². The molecule has 19 heavy (non-hydrogen) atoms. The molecule has 0 rings (SSSR count). The van der Waals surface area contributed by atoms with Gasteiger partial charge in [0.25, 0.3) is 0 Å². The van der Waals surface area contributed by atoms with Gasteiger partial charge in [-0.1, -0.05) is 6.92 Å². The topological polar surface area (TPSA) is 78.7 Å². The molecule has 1 atom stereocenters. The Bertz CT molecular complexity index is 284. The number of amides is 2. The highest BCUT2D eigenvalue weighted by atomic mass is 16.2. The highest BCUT2D eigenvalue weighted by Gasteiger charge is 2.15. The van der Waals surface area contributed by atoms with Gasteiger partial charge in [-0.05, 0) is 20.0 Å². The van der Waals surface area contributed by atoms with Crippen LogP contribution in [0.2, 0.25) is 0 Å². The first-order chi connectivity index (χ1) is 8.92. The molecule has 6 heteroatoms. The van der Waals surface area contributed by atoms with E-state index in [1.54, 1.807) is 19.0 Å². The number of carbonyl (C=O) groups is 2. The van der Waals surface area contributed by atoms with Crippen LogP contribution < -0.4 is 11.1 Å². The maximum Gasteiger partial charge on any atom is 0.223 e. The fourth-order valence-electron chi connectivity index (χ4n) is 1.82. The quantitative estimate of drug-likeness (QED) is 0.593. The maximum absolute atomic E-state index is 11.8. The average Bonchev–Trinajstić information content (AvgIpc) is 2.40. The number of hydrogen-bond donors (Lipinski definition) is 2. The zero-order chi connectivity index (χ0) is 14.8. The summed E-state index contributed by atoms with van der Waals surface area (Å²) in [6.45, 7) is 4.49. The Balaban J connectivity index is 3.92. The summed E-state index contributed by atoms with van der Waals surface area (Å²) in [5.74, 6) is 0.0752. The Morgan fingerprint density at radius 1 is 1.26 bits per heavy atom. The van der Waals surface area contributed by atoms with Crippen molar-refractivity contribution in [2.75, 3.05) is 47.3 Å². The van der Waals surface area contributed by atoms with Gasteiger partial charge in [-0.25, -0.2) is 0 Å². The Morgan fingerprint density at radius 3 is 2.42 bits per heavy atom. The predicted octanol–water partition coefficient (Wildman–Crippen LogP) is -0.502. The highest BCUT2D eigenvalue weighted by Crippen LogP contribution is 2.00. The Kier molecular flexibility index (Phi) is 9.16. The number of hydrogen-bond acceptors (Lipinski definition) is 4. The second kappa shape index (κ2) is 9.75. The summed E-state index contributed by atoms with van der Waals surface area (Å²) in [5, 5.41) is 2.62. The highest BCUT2D eigenvalue weighted by molar-refractivity contribution is 5.78. The Morgan fingerprint density at radius 2 is 1.89 bits per heavy atom. The van der Waals surface area contributed by atoms with Crippen molar-refractivity contribution in [2.24, 2.45) is 11.7 Å². The van der Waals surface area contributed by atoms with Crippen LogP contribution in [0.15, 0.2) is 0 Å². The monoisotopic (exact) mass is 272 g/mol. The van der Waals surface area contributed by atoms with Crippen LogP contribution >= 0.6 is 0 Å². The van der Waals surface area contributed by atoms with Crippen molar-refractivity contribution in [3.05, 3.63) is 0 Å². The lowest BCUT2D eigenvalue weighted by Gasteiger charge is -2.22. The smallest absolute Gasteiger partial charge is 0.223 e. The normalized spacial score (nSPS) is 12.3. The molecule has 0 aliphatic heterocycles. The molecule has 0 saturated carbocycles. The second-order valence-electron chi connectivity index (χ2n) is 4.99. The third-order valence-electron chi connectivity index (χ3n) is 3.11. The molecule has 6 nitrogen and oxygen atoms in total. The maximum atomic E-state index is 11.8. The van der Waals surface area contributed by atoms with E-state index in [0.29, 0.717) is 32.6 Å². The van der Waals surface area contributed by atoms with Crippen molar-refractivity contribution in [3.8, 4) is 0 Å². The third-order valence-corrected chi connectivity index (χ3v) is 3.11. The Hall–Kier alpha value is -1.14. The largest absolute Gasteiger partial charge is 0.359 e. The van der Waals surface area contributed by atoms with Gasteiger partial charge in [-0.2, -0.15) is 0 Å². The molecule has 0 heterocycles. The molecule has 112 valence electrons. The van der Waals surface area contributed by atoms with E-state index in [1.807, 2.05) is 18.9 Å². The number of rotatable bonds is 9. The van der Waals surface area contributed by atoms with Gasteiger partial charge in [0.2, 0.25) is 11.8 Å². The van der Waals surface area contributed by atoms with Gasteiger partial charge in [0.15, 0.2) is 0 Å². The lowest BCUT2D eigenvalue weighted by atomic mass is 10.1. The summed E-state index contributed by atoms with van der Waals surface area (Å²) in [6, 6.07) is 0. The average molecular weight is 272 g/mol. The van der Waals surface area contributed by atoms with Gasteiger partial charge in [-0.3, -0.25) is 9.59 Å². The van der Waals surface area contributed by atoms with Gasteiger partial charge in [0, 0.05) is 46.1 Å². The predicted molar refractivity (Wildman–Crippen MR) is 76.7 cm³/mol. The van der Waals surface area contributed by atoms with E-state index in [0.717, 1.165) is 6.42 Å². The fourth-order valence-corrected chi connectivity index (χ4v) is 1.82. The van der Waals surface area contributed by atoms with Crippen LogP contribution in [0.3, 0.4) is 0 Å². The fraction of sp³-hybridized carbons (Fsp3) is 0.846. The van der Waals surface area contributed by atoms with Gasteiger partial charge < -0.3 is 20.9 Å². The number of nitrogens with one attached hydrogen (secondary N) is 1. The lowest BCUT2D eigenvalue weighted by molar-refractivity contribution is -0.130. The number of nitrogens with two attached hydrogens (primary N) is 1. The summed E-state index contributed by atoms with van der Waals surface area (Å²) in [4.78, 5) is 26.9. The first-order valence-corrected chi connectivity index (χ1v) is 6.76. The van der Waals surface area contributed by atoms with Crippen LogP contribution in [0.25, 0.3) is 0 Å². The van der Waals surface area contributed by atoms with E-state index in [1.165, 1.54) is 0 Å². The van der Waals surface area contributed by atoms with Crippen LogP contribution in [0.4, 0.5) is 0 Å². The molecule has 0 aromatic heterocycles. The van der Waals surface area contributed by atoms with Crippen LogP contribution in [-0.2, 0) is 9.59 Å². The van der Waals surface area contributed by atoms with E-state index in [9.17, 15) is 9.59 Å². The van der Waals surface area contributed by atoms with E-state index >= 15 is 0 Å². The summed E-state index contributed by atoms with van der Waals surface area (Å²) >= 11 is 0. The van der Waals surface area contributed by atoms with Crippen molar-refractivity contribution < 1.29 is 9.59 Å². The minimum absolute atomic E-state index is 0.0261. The molecule has 0 saturated heterocycles. The van der Waals surface area contributed by atoms with E-state index in [4.69, 9.17) is 5.73 Å². The van der Waals surface area contributed by atoms with Crippen LogP contribution in [0.1, 0.15) is 19.8 Å². The van der Waals surface area contributed by atoms with Crippen molar-refractivity contribution in [1.29, 1.82) is 0 Å². The molecule has 2 amide bonds. The van der Waals surface area contributed by atoms with Gasteiger partial charge >= 0.3 is 0 Å². The molecule has 1 unspecified atom stereocenters. The number of nitrogens with zero attached hydrogens (tertiary/aromatic N) is 2. The van der Waals surface area contributed by atoms with E-state index in [2.05, 4.69) is 5.32 Å². The summed E-state index contributed by atoms with van der Waals surface area (Å²) in [7, 11) is 5.35. The molecule has 0 fully saturated rings.